The van der Waals surface area contributed by atoms with Crippen molar-refractivity contribution in [3.63, 3.8) is 0 Å². The van der Waals surface area contributed by atoms with Gasteiger partial charge in [0.05, 0.1) is 0 Å². The third-order valence-electron chi connectivity index (χ3n) is 2.56. The molecule has 1 aliphatic heterocycles. The van der Waals surface area contributed by atoms with Crippen molar-refractivity contribution < 1.29 is 19.5 Å². The number of thioether (sulfide) groups is 1. The Kier molecular flexibility index (Phi) is 4.41. The molecule has 1 aromatic rings. The van der Waals surface area contributed by atoms with E-state index in [1.54, 1.807) is 24.3 Å². The lowest BCUT2D eigenvalue weighted by Crippen LogP contribution is -2.38. The van der Waals surface area contributed by atoms with Crippen LogP contribution in [0.5, 0.6) is 0 Å². The highest BCUT2D eigenvalue weighted by Gasteiger charge is 2.27. The SMILES string of the molecule is O=C(O)/C=C/c1cccc(NC(=O)C2CSC(=O)N2)c1. The summed E-state index contributed by atoms with van der Waals surface area (Å²) in [6.07, 6.45) is 2.46. The van der Waals surface area contributed by atoms with Crippen molar-refractivity contribution in [2.45, 2.75) is 6.04 Å². The summed E-state index contributed by atoms with van der Waals surface area (Å²) in [5, 5.41) is 13.6. The highest BCUT2D eigenvalue weighted by atomic mass is 32.2. The summed E-state index contributed by atoms with van der Waals surface area (Å²) in [5.41, 5.74) is 1.21. The van der Waals surface area contributed by atoms with E-state index >= 15 is 0 Å². The monoisotopic (exact) mass is 292 g/mol. The van der Waals surface area contributed by atoms with Gasteiger partial charge in [0.25, 0.3) is 5.24 Å². The second-order valence-electron chi connectivity index (χ2n) is 4.08. The highest BCUT2D eigenvalue weighted by molar-refractivity contribution is 8.14. The summed E-state index contributed by atoms with van der Waals surface area (Å²) in [7, 11) is 0. The third kappa shape index (κ3) is 3.86. The molecule has 0 bridgehead atoms. The molecule has 20 heavy (non-hydrogen) atoms. The van der Waals surface area contributed by atoms with Crippen LogP contribution < -0.4 is 10.6 Å². The number of carboxylic acids is 1. The normalized spacial score (nSPS) is 18.0. The minimum absolute atomic E-state index is 0.205. The van der Waals surface area contributed by atoms with Crippen LogP contribution in [-0.4, -0.2) is 34.0 Å². The Hall–Kier alpha value is -2.28. The summed E-state index contributed by atoms with van der Waals surface area (Å²) < 4.78 is 0. The maximum atomic E-state index is 11.9. The fourth-order valence-corrected chi connectivity index (χ4v) is 2.42. The molecule has 1 fully saturated rings. The van der Waals surface area contributed by atoms with E-state index < -0.39 is 12.0 Å². The molecule has 0 aliphatic carbocycles. The molecule has 0 radical (unpaired) electrons. The predicted octanol–water partition coefficient (Wildman–Crippen LogP) is 1.55. The van der Waals surface area contributed by atoms with Gasteiger partial charge in [-0.05, 0) is 23.8 Å². The van der Waals surface area contributed by atoms with Crippen LogP contribution in [0.15, 0.2) is 30.3 Å². The van der Waals surface area contributed by atoms with Gasteiger partial charge in [-0.1, -0.05) is 23.9 Å². The van der Waals surface area contributed by atoms with Gasteiger partial charge in [-0.3, -0.25) is 9.59 Å². The lowest BCUT2D eigenvalue weighted by atomic mass is 10.2. The Morgan fingerprint density at radius 3 is 2.90 bits per heavy atom. The molecule has 3 N–H and O–H groups in total. The molecule has 2 amide bonds. The van der Waals surface area contributed by atoms with Crippen LogP contribution in [0.1, 0.15) is 5.56 Å². The Balaban J connectivity index is 2.02. The number of hydrogen-bond acceptors (Lipinski definition) is 4. The fourth-order valence-electron chi connectivity index (χ4n) is 1.64. The van der Waals surface area contributed by atoms with Gasteiger partial charge in [0.1, 0.15) is 6.04 Å². The van der Waals surface area contributed by atoms with E-state index in [9.17, 15) is 14.4 Å². The first-order chi connectivity index (χ1) is 9.54. The van der Waals surface area contributed by atoms with Crippen LogP contribution in [0.25, 0.3) is 6.08 Å². The Bertz CT molecular complexity index is 585. The maximum absolute atomic E-state index is 11.9. The zero-order chi connectivity index (χ0) is 14.5. The molecular formula is C13H12N2O4S. The Morgan fingerprint density at radius 1 is 1.45 bits per heavy atom. The number of amides is 2. The smallest absolute Gasteiger partial charge is 0.328 e. The number of hydrogen-bond donors (Lipinski definition) is 3. The van der Waals surface area contributed by atoms with Crippen LogP contribution in [0.3, 0.4) is 0 Å². The van der Waals surface area contributed by atoms with E-state index in [0.717, 1.165) is 17.8 Å². The molecule has 1 aliphatic rings. The number of aliphatic carboxylic acids is 1. The summed E-state index contributed by atoms with van der Waals surface area (Å²) >= 11 is 1.07. The summed E-state index contributed by atoms with van der Waals surface area (Å²) in [4.78, 5) is 33.3. The first kappa shape index (κ1) is 14.1. The maximum Gasteiger partial charge on any atom is 0.328 e. The van der Waals surface area contributed by atoms with Crippen LogP contribution in [0.2, 0.25) is 0 Å². The van der Waals surface area contributed by atoms with Crippen molar-refractivity contribution in [2.24, 2.45) is 0 Å². The van der Waals surface area contributed by atoms with Crippen molar-refractivity contribution in [3.05, 3.63) is 35.9 Å². The number of rotatable bonds is 4. The number of anilines is 1. The minimum Gasteiger partial charge on any atom is -0.478 e. The lowest BCUT2D eigenvalue weighted by Gasteiger charge is -2.10. The van der Waals surface area contributed by atoms with Gasteiger partial charge >= 0.3 is 5.97 Å². The highest BCUT2D eigenvalue weighted by Crippen LogP contribution is 2.16. The van der Waals surface area contributed by atoms with Gasteiger partial charge in [0, 0.05) is 17.5 Å². The zero-order valence-electron chi connectivity index (χ0n) is 10.3. The number of carboxylic acid groups (broad SMARTS) is 1. The van der Waals surface area contributed by atoms with Crippen molar-refractivity contribution in [3.8, 4) is 0 Å². The second-order valence-corrected chi connectivity index (χ2v) is 5.07. The zero-order valence-corrected chi connectivity index (χ0v) is 11.1. The van der Waals surface area contributed by atoms with Crippen LogP contribution >= 0.6 is 11.8 Å². The number of carbonyl (C=O) groups is 3. The molecule has 0 aromatic heterocycles. The van der Waals surface area contributed by atoms with E-state index in [1.165, 1.54) is 6.08 Å². The average molecular weight is 292 g/mol. The molecule has 0 saturated carbocycles. The number of nitrogens with one attached hydrogen (secondary N) is 2. The quantitative estimate of drug-likeness (QED) is 0.732. The summed E-state index contributed by atoms with van der Waals surface area (Å²) in [5.74, 6) is -0.920. The van der Waals surface area contributed by atoms with Crippen LogP contribution in [0.4, 0.5) is 10.5 Å². The standard InChI is InChI=1S/C13H12N2O4S/c16-11(17)5-4-8-2-1-3-9(6-8)14-12(18)10-7-20-13(19)15-10/h1-6,10H,7H2,(H,14,18)(H,15,19)(H,16,17)/b5-4+. The van der Waals surface area contributed by atoms with E-state index in [4.69, 9.17) is 5.11 Å². The van der Waals surface area contributed by atoms with Gasteiger partial charge in [-0.2, -0.15) is 0 Å². The van der Waals surface area contributed by atoms with Gasteiger partial charge in [0.15, 0.2) is 0 Å². The first-order valence-corrected chi connectivity index (χ1v) is 6.78. The molecule has 7 heteroatoms. The van der Waals surface area contributed by atoms with E-state index in [1.807, 2.05) is 0 Å². The largest absolute Gasteiger partial charge is 0.478 e. The molecule has 104 valence electrons. The van der Waals surface area contributed by atoms with Gasteiger partial charge in [-0.15, -0.1) is 0 Å². The Morgan fingerprint density at radius 2 is 2.25 bits per heavy atom. The summed E-state index contributed by atoms with van der Waals surface area (Å²) in [6, 6.07) is 6.24. The van der Waals surface area contributed by atoms with E-state index in [0.29, 0.717) is 17.0 Å². The minimum atomic E-state index is -1.04. The molecule has 1 unspecified atom stereocenters. The van der Waals surface area contributed by atoms with Crippen molar-refractivity contribution in [2.75, 3.05) is 11.1 Å². The Labute approximate surface area is 119 Å². The van der Waals surface area contributed by atoms with E-state index in [2.05, 4.69) is 10.6 Å². The van der Waals surface area contributed by atoms with E-state index in [-0.39, 0.29) is 11.1 Å². The van der Waals surface area contributed by atoms with Crippen LogP contribution in [-0.2, 0) is 9.59 Å². The molecule has 2 rings (SSSR count). The van der Waals surface area contributed by atoms with Gasteiger partial charge < -0.3 is 15.7 Å². The second kappa shape index (κ2) is 6.25. The van der Waals surface area contributed by atoms with Crippen LogP contribution in [0, 0.1) is 0 Å². The predicted molar refractivity (Wildman–Crippen MR) is 76.5 cm³/mol. The molecule has 6 nitrogen and oxygen atoms in total. The summed E-state index contributed by atoms with van der Waals surface area (Å²) in [6.45, 7) is 0. The first-order valence-electron chi connectivity index (χ1n) is 5.80. The topological polar surface area (TPSA) is 95.5 Å². The molecule has 1 heterocycles. The molecule has 1 saturated heterocycles. The van der Waals surface area contributed by atoms with Crippen molar-refractivity contribution in [1.29, 1.82) is 0 Å². The number of benzene rings is 1. The molecule has 1 aromatic carbocycles. The fraction of sp³-hybridized carbons (Fsp3) is 0.154. The van der Waals surface area contributed by atoms with Gasteiger partial charge in [-0.25, -0.2) is 4.79 Å². The molecule has 0 spiro atoms. The molecule has 1 atom stereocenters. The van der Waals surface area contributed by atoms with Gasteiger partial charge in [0.2, 0.25) is 5.91 Å². The van der Waals surface area contributed by atoms with Crippen molar-refractivity contribution in [1.82, 2.24) is 5.32 Å². The lowest BCUT2D eigenvalue weighted by molar-refractivity contribution is -0.131. The number of carbonyl (C=O) groups excluding carboxylic acids is 2. The average Bonchev–Trinajstić information content (AvgIpc) is 2.84. The van der Waals surface area contributed by atoms with Crippen molar-refractivity contribution >= 4 is 40.6 Å². The third-order valence-corrected chi connectivity index (χ3v) is 3.44. The molecular weight excluding hydrogens is 280 g/mol.